The minimum Gasteiger partial charge on any atom is -0.396 e. The first-order chi connectivity index (χ1) is 13.6. The summed E-state index contributed by atoms with van der Waals surface area (Å²) in [6, 6.07) is 0. The highest BCUT2D eigenvalue weighted by Crippen LogP contribution is 2.41. The summed E-state index contributed by atoms with van der Waals surface area (Å²) in [5, 5.41) is 37.9. The number of rotatable bonds is 16. The highest BCUT2D eigenvalue weighted by molar-refractivity contribution is 7.99. The fourth-order valence-corrected chi connectivity index (χ4v) is 6.68. The predicted molar refractivity (Wildman–Crippen MR) is 129 cm³/mol. The van der Waals surface area contributed by atoms with Gasteiger partial charge in [0.2, 0.25) is 0 Å². The van der Waals surface area contributed by atoms with Gasteiger partial charge in [-0.15, -0.1) is 0 Å². The van der Waals surface area contributed by atoms with E-state index in [0.29, 0.717) is 56.1 Å². The molecule has 1 aromatic rings. The number of thioether (sulfide) groups is 4. The van der Waals surface area contributed by atoms with E-state index in [1.807, 2.05) is 0 Å². The van der Waals surface area contributed by atoms with E-state index in [-0.39, 0.29) is 26.4 Å². The van der Waals surface area contributed by atoms with Gasteiger partial charge in [-0.05, 0) is 22.3 Å². The standard InChI is InChI=1S/C18H28Cl2O4S4/c19-17-13(9-25-5-1-21)14(10-26-6-2-22)18(20)16(12-28-8-4-24)15(17)11-27-7-3-23/h21-24H,1-12H2. The third-order valence-corrected chi connectivity index (χ3v) is 8.49. The van der Waals surface area contributed by atoms with Crippen LogP contribution in [0.2, 0.25) is 10.0 Å². The fourth-order valence-electron chi connectivity index (χ4n) is 2.45. The summed E-state index contributed by atoms with van der Waals surface area (Å²) in [4.78, 5) is 0. The number of benzene rings is 1. The van der Waals surface area contributed by atoms with Crippen LogP contribution in [0.1, 0.15) is 22.3 Å². The van der Waals surface area contributed by atoms with Crippen molar-refractivity contribution in [3.8, 4) is 0 Å². The maximum Gasteiger partial charge on any atom is 0.0521 e. The minimum absolute atomic E-state index is 0.111. The molecule has 0 bridgehead atoms. The highest BCUT2D eigenvalue weighted by Gasteiger charge is 2.22. The van der Waals surface area contributed by atoms with Crippen LogP contribution in [-0.4, -0.2) is 69.9 Å². The van der Waals surface area contributed by atoms with Crippen molar-refractivity contribution in [3.63, 3.8) is 0 Å². The van der Waals surface area contributed by atoms with Crippen molar-refractivity contribution < 1.29 is 20.4 Å². The Kier molecular flexibility index (Phi) is 16.1. The van der Waals surface area contributed by atoms with E-state index < -0.39 is 0 Å². The molecule has 0 amide bonds. The van der Waals surface area contributed by atoms with Crippen LogP contribution in [0.3, 0.4) is 0 Å². The van der Waals surface area contributed by atoms with E-state index >= 15 is 0 Å². The summed E-state index contributed by atoms with van der Waals surface area (Å²) in [6.45, 7) is 0.443. The Hall–Kier alpha value is 1.04. The van der Waals surface area contributed by atoms with E-state index in [1.165, 1.54) is 0 Å². The average Bonchev–Trinajstić information content (AvgIpc) is 2.69. The Balaban J connectivity index is 3.30. The van der Waals surface area contributed by atoms with Crippen LogP contribution in [0.15, 0.2) is 0 Å². The summed E-state index contributed by atoms with van der Waals surface area (Å²) < 4.78 is 0. The number of aliphatic hydroxyl groups excluding tert-OH is 4. The smallest absolute Gasteiger partial charge is 0.0521 e. The van der Waals surface area contributed by atoms with Crippen LogP contribution in [0, 0.1) is 0 Å². The monoisotopic (exact) mass is 506 g/mol. The maximum atomic E-state index is 9.11. The van der Waals surface area contributed by atoms with Crippen molar-refractivity contribution in [2.75, 3.05) is 49.4 Å². The first-order valence-electron chi connectivity index (χ1n) is 8.87. The topological polar surface area (TPSA) is 80.9 Å². The lowest BCUT2D eigenvalue weighted by molar-refractivity contribution is 0.322. The molecule has 0 spiro atoms. The second-order valence-electron chi connectivity index (χ2n) is 5.65. The number of hydrogen-bond acceptors (Lipinski definition) is 8. The Bertz CT molecular complexity index is 485. The molecule has 0 aromatic heterocycles. The van der Waals surface area contributed by atoms with Gasteiger partial charge in [0.1, 0.15) is 0 Å². The Labute approximate surface area is 194 Å². The van der Waals surface area contributed by atoms with Crippen molar-refractivity contribution in [1.82, 2.24) is 0 Å². The van der Waals surface area contributed by atoms with Gasteiger partial charge >= 0.3 is 0 Å². The third-order valence-electron chi connectivity index (χ3n) is 3.72. The second kappa shape index (κ2) is 16.7. The first-order valence-corrected chi connectivity index (χ1v) is 14.2. The molecule has 28 heavy (non-hydrogen) atoms. The van der Waals surface area contributed by atoms with Crippen LogP contribution in [0.25, 0.3) is 0 Å². The first kappa shape index (κ1) is 27.1. The van der Waals surface area contributed by atoms with E-state index in [2.05, 4.69) is 0 Å². The lowest BCUT2D eigenvalue weighted by Gasteiger charge is -2.22. The van der Waals surface area contributed by atoms with Crippen LogP contribution >= 0.6 is 70.2 Å². The Morgan fingerprint density at radius 1 is 0.464 bits per heavy atom. The highest BCUT2D eigenvalue weighted by atomic mass is 35.5. The zero-order valence-electron chi connectivity index (χ0n) is 15.7. The van der Waals surface area contributed by atoms with Gasteiger partial charge < -0.3 is 20.4 Å². The molecule has 10 heteroatoms. The molecule has 0 saturated carbocycles. The van der Waals surface area contributed by atoms with E-state index in [0.717, 1.165) is 22.3 Å². The van der Waals surface area contributed by atoms with Gasteiger partial charge in [0.25, 0.3) is 0 Å². The number of aliphatic hydroxyl groups is 4. The van der Waals surface area contributed by atoms with Gasteiger partial charge in [-0.25, -0.2) is 0 Å². The van der Waals surface area contributed by atoms with Crippen molar-refractivity contribution in [2.45, 2.75) is 23.0 Å². The molecular weight excluding hydrogens is 479 g/mol. The predicted octanol–water partition coefficient (Wildman–Crippen LogP) is 3.90. The molecule has 1 rings (SSSR count). The Morgan fingerprint density at radius 3 is 0.857 bits per heavy atom. The van der Waals surface area contributed by atoms with E-state index in [4.69, 9.17) is 43.6 Å². The molecule has 0 unspecified atom stereocenters. The summed E-state index contributed by atoms with van der Waals surface area (Å²) in [5.74, 6) is 5.15. The molecule has 0 radical (unpaired) electrons. The van der Waals surface area contributed by atoms with Crippen LogP contribution < -0.4 is 0 Å². The van der Waals surface area contributed by atoms with Gasteiger partial charge in [-0.3, -0.25) is 0 Å². The zero-order valence-corrected chi connectivity index (χ0v) is 20.4. The van der Waals surface area contributed by atoms with Gasteiger partial charge in [-0.2, -0.15) is 47.0 Å². The van der Waals surface area contributed by atoms with Crippen LogP contribution in [0.5, 0.6) is 0 Å². The quantitative estimate of drug-likeness (QED) is 0.251. The van der Waals surface area contributed by atoms with Gasteiger partial charge in [-0.1, -0.05) is 23.2 Å². The molecule has 0 heterocycles. The summed E-state index contributed by atoms with van der Waals surface area (Å²) in [7, 11) is 0. The minimum atomic E-state index is 0.111. The normalized spacial score (nSPS) is 11.4. The number of hydrogen-bond donors (Lipinski definition) is 4. The van der Waals surface area contributed by atoms with E-state index in [9.17, 15) is 0 Å². The SMILES string of the molecule is OCCSCc1c(Cl)c(CSCCO)c(CSCCO)c(Cl)c1CSCCO. The maximum absolute atomic E-state index is 9.11. The Morgan fingerprint density at radius 2 is 0.679 bits per heavy atom. The van der Waals surface area contributed by atoms with Crippen molar-refractivity contribution in [1.29, 1.82) is 0 Å². The molecule has 0 aliphatic heterocycles. The second-order valence-corrected chi connectivity index (χ2v) is 10.8. The van der Waals surface area contributed by atoms with Crippen molar-refractivity contribution in [2.24, 2.45) is 0 Å². The van der Waals surface area contributed by atoms with Crippen molar-refractivity contribution in [3.05, 3.63) is 32.3 Å². The third kappa shape index (κ3) is 9.04. The van der Waals surface area contributed by atoms with E-state index in [1.54, 1.807) is 47.0 Å². The molecule has 0 fully saturated rings. The van der Waals surface area contributed by atoms with Gasteiger partial charge in [0.15, 0.2) is 0 Å². The molecule has 1 aromatic carbocycles. The molecule has 0 aliphatic rings. The fraction of sp³-hybridized carbons (Fsp3) is 0.667. The molecule has 4 N–H and O–H groups in total. The van der Waals surface area contributed by atoms with Crippen LogP contribution in [0.4, 0.5) is 0 Å². The van der Waals surface area contributed by atoms with Crippen molar-refractivity contribution >= 4 is 70.2 Å². The molecule has 0 atom stereocenters. The summed E-state index contributed by atoms with van der Waals surface area (Å²) in [5.41, 5.74) is 3.97. The lowest BCUT2D eigenvalue weighted by Crippen LogP contribution is -2.06. The zero-order chi connectivity index (χ0) is 20.8. The summed E-state index contributed by atoms with van der Waals surface area (Å²) in [6.07, 6.45) is 0. The van der Waals surface area contributed by atoms with Gasteiger partial charge in [0.05, 0.1) is 26.4 Å². The molecular formula is C18H28Cl2O4S4. The average molecular weight is 508 g/mol. The van der Waals surface area contributed by atoms with Crippen LogP contribution in [-0.2, 0) is 23.0 Å². The molecule has 0 aliphatic carbocycles. The largest absolute Gasteiger partial charge is 0.396 e. The number of halogens is 2. The molecule has 4 nitrogen and oxygen atoms in total. The lowest BCUT2D eigenvalue weighted by atomic mass is 10.0. The molecule has 162 valence electrons. The molecule has 0 saturated heterocycles. The summed E-state index contributed by atoms with van der Waals surface area (Å²) >= 11 is 20.1. The van der Waals surface area contributed by atoms with Gasteiger partial charge in [0, 0.05) is 56.1 Å².